The zero-order valence-corrected chi connectivity index (χ0v) is 7.73. The number of hydrogen-bond donors (Lipinski definition) is 1. The molecule has 1 aliphatic carbocycles. The molecule has 0 aliphatic heterocycles. The highest BCUT2D eigenvalue weighted by atomic mass is 16.6. The van der Waals surface area contributed by atoms with Crippen molar-refractivity contribution >= 4 is 6.09 Å². The van der Waals surface area contributed by atoms with Gasteiger partial charge in [0.1, 0.15) is 6.26 Å². The summed E-state index contributed by atoms with van der Waals surface area (Å²) in [4.78, 5) is 11.3. The summed E-state index contributed by atoms with van der Waals surface area (Å²) in [7, 11) is 0. The molecular weight excluding hydrogens is 184 g/mol. The van der Waals surface area contributed by atoms with Crippen molar-refractivity contribution in [3.05, 3.63) is 12.3 Å². The van der Waals surface area contributed by atoms with E-state index in [1.807, 2.05) is 0 Å². The highest BCUT2D eigenvalue weighted by Gasteiger charge is 2.18. The van der Waals surface area contributed by atoms with Crippen molar-refractivity contribution in [2.24, 2.45) is 0 Å². The number of ether oxygens (including phenoxy) is 1. The smallest absolute Gasteiger partial charge is 0.388 e. The number of carbonyl (C=O) groups is 1. The molecular formula is C9H12N2O3. The van der Waals surface area contributed by atoms with E-state index >= 15 is 0 Å². The molecule has 14 heavy (non-hydrogen) atoms. The predicted octanol–water partition coefficient (Wildman–Crippen LogP) is 1.71. The van der Waals surface area contributed by atoms with E-state index in [2.05, 4.69) is 15.0 Å². The Kier molecular flexibility index (Phi) is 2.67. The van der Waals surface area contributed by atoms with Gasteiger partial charge in [0.25, 0.3) is 5.88 Å². The monoisotopic (exact) mass is 196 g/mol. The summed E-state index contributed by atoms with van der Waals surface area (Å²) in [5.74, 6) is 0.195. The van der Waals surface area contributed by atoms with E-state index in [0.717, 1.165) is 12.8 Å². The number of nitrogens with zero attached hydrogens (tertiary/aromatic N) is 1. The Morgan fingerprint density at radius 1 is 1.57 bits per heavy atom. The van der Waals surface area contributed by atoms with Crippen molar-refractivity contribution in [2.75, 3.05) is 0 Å². The summed E-state index contributed by atoms with van der Waals surface area (Å²) in [6.07, 6.45) is 5.33. The SMILES string of the molecule is O=C(NC1CCCC1)Oc1ccon1. The van der Waals surface area contributed by atoms with E-state index in [4.69, 9.17) is 4.74 Å². The number of carbonyl (C=O) groups excluding carboxylic acids is 1. The van der Waals surface area contributed by atoms with Gasteiger partial charge in [0.2, 0.25) is 0 Å². The number of amides is 1. The van der Waals surface area contributed by atoms with Crippen molar-refractivity contribution in [1.29, 1.82) is 0 Å². The van der Waals surface area contributed by atoms with Crippen LogP contribution in [0, 0.1) is 0 Å². The lowest BCUT2D eigenvalue weighted by atomic mass is 10.3. The number of hydrogen-bond acceptors (Lipinski definition) is 4. The van der Waals surface area contributed by atoms with Crippen LogP contribution in [0.5, 0.6) is 5.88 Å². The van der Waals surface area contributed by atoms with E-state index in [9.17, 15) is 4.79 Å². The number of nitrogens with one attached hydrogen (secondary N) is 1. The molecule has 0 spiro atoms. The fourth-order valence-corrected chi connectivity index (χ4v) is 1.62. The molecule has 0 aromatic carbocycles. The Bertz CT molecular complexity index is 291. The fourth-order valence-electron chi connectivity index (χ4n) is 1.62. The normalized spacial score (nSPS) is 16.9. The average Bonchev–Trinajstić information content (AvgIpc) is 2.76. The van der Waals surface area contributed by atoms with Crippen LogP contribution in [-0.4, -0.2) is 17.3 Å². The van der Waals surface area contributed by atoms with E-state index in [-0.39, 0.29) is 11.9 Å². The summed E-state index contributed by atoms with van der Waals surface area (Å²) in [6.45, 7) is 0. The van der Waals surface area contributed by atoms with Crippen LogP contribution < -0.4 is 10.1 Å². The van der Waals surface area contributed by atoms with Gasteiger partial charge in [-0.15, -0.1) is 0 Å². The first kappa shape index (κ1) is 9.05. The average molecular weight is 196 g/mol. The first-order valence-electron chi connectivity index (χ1n) is 4.73. The van der Waals surface area contributed by atoms with Gasteiger partial charge < -0.3 is 14.6 Å². The van der Waals surface area contributed by atoms with Crippen molar-refractivity contribution in [3.63, 3.8) is 0 Å². The number of rotatable bonds is 2. The molecule has 1 fully saturated rings. The van der Waals surface area contributed by atoms with Gasteiger partial charge in [-0.2, -0.15) is 0 Å². The topological polar surface area (TPSA) is 64.4 Å². The summed E-state index contributed by atoms with van der Waals surface area (Å²) in [5.41, 5.74) is 0. The van der Waals surface area contributed by atoms with Crippen LogP contribution in [0.4, 0.5) is 4.79 Å². The minimum Gasteiger partial charge on any atom is -0.388 e. The molecule has 0 radical (unpaired) electrons. The van der Waals surface area contributed by atoms with Crippen LogP contribution in [0.25, 0.3) is 0 Å². The Labute approximate surface area is 81.4 Å². The maximum atomic E-state index is 11.3. The lowest BCUT2D eigenvalue weighted by molar-refractivity contribution is 0.191. The second-order valence-electron chi connectivity index (χ2n) is 3.35. The quantitative estimate of drug-likeness (QED) is 0.781. The molecule has 0 saturated heterocycles. The summed E-state index contributed by atoms with van der Waals surface area (Å²) < 4.78 is 9.39. The van der Waals surface area contributed by atoms with Gasteiger partial charge in [0.05, 0.1) is 0 Å². The molecule has 5 heteroatoms. The van der Waals surface area contributed by atoms with Gasteiger partial charge in [0, 0.05) is 12.1 Å². The molecule has 1 aromatic heterocycles. The minimum absolute atomic E-state index is 0.195. The standard InChI is InChI=1S/C9H12N2O3/c12-9(10-7-3-1-2-4-7)14-8-5-6-13-11-8/h5-7H,1-4H2,(H,10,12). The lowest BCUT2D eigenvalue weighted by Crippen LogP contribution is -2.34. The van der Waals surface area contributed by atoms with Crippen LogP contribution in [0.2, 0.25) is 0 Å². The molecule has 1 aliphatic rings. The Morgan fingerprint density at radius 3 is 3.00 bits per heavy atom. The van der Waals surface area contributed by atoms with Gasteiger partial charge in [0.15, 0.2) is 0 Å². The summed E-state index contributed by atoms with van der Waals surface area (Å²) in [5, 5.41) is 6.25. The first-order valence-corrected chi connectivity index (χ1v) is 4.73. The molecule has 1 heterocycles. The molecule has 76 valence electrons. The van der Waals surface area contributed by atoms with Crippen LogP contribution in [0.15, 0.2) is 16.9 Å². The summed E-state index contributed by atoms with van der Waals surface area (Å²) >= 11 is 0. The zero-order chi connectivity index (χ0) is 9.80. The fraction of sp³-hybridized carbons (Fsp3) is 0.556. The Morgan fingerprint density at radius 2 is 2.36 bits per heavy atom. The van der Waals surface area contributed by atoms with Crippen LogP contribution in [0.1, 0.15) is 25.7 Å². The van der Waals surface area contributed by atoms with Gasteiger partial charge >= 0.3 is 6.09 Å². The van der Waals surface area contributed by atoms with E-state index < -0.39 is 6.09 Å². The molecule has 1 amide bonds. The Balaban J connectivity index is 1.78. The highest BCUT2D eigenvalue weighted by Crippen LogP contribution is 2.17. The number of aromatic nitrogens is 1. The van der Waals surface area contributed by atoms with E-state index in [0.29, 0.717) is 0 Å². The predicted molar refractivity (Wildman–Crippen MR) is 47.9 cm³/mol. The maximum Gasteiger partial charge on any atom is 0.414 e. The Hall–Kier alpha value is -1.52. The molecule has 1 saturated carbocycles. The molecule has 5 nitrogen and oxygen atoms in total. The second kappa shape index (κ2) is 4.13. The van der Waals surface area contributed by atoms with Gasteiger partial charge in [-0.3, -0.25) is 0 Å². The third-order valence-corrected chi connectivity index (χ3v) is 2.29. The van der Waals surface area contributed by atoms with Crippen molar-refractivity contribution in [1.82, 2.24) is 10.5 Å². The minimum atomic E-state index is -0.453. The van der Waals surface area contributed by atoms with Crippen LogP contribution in [-0.2, 0) is 0 Å². The lowest BCUT2D eigenvalue weighted by Gasteiger charge is -2.09. The van der Waals surface area contributed by atoms with Gasteiger partial charge in [-0.1, -0.05) is 12.8 Å². The first-order chi connectivity index (χ1) is 6.84. The third kappa shape index (κ3) is 2.25. The zero-order valence-electron chi connectivity index (χ0n) is 7.73. The third-order valence-electron chi connectivity index (χ3n) is 2.29. The van der Waals surface area contributed by atoms with Gasteiger partial charge in [-0.25, -0.2) is 4.79 Å². The molecule has 0 unspecified atom stereocenters. The maximum absolute atomic E-state index is 11.3. The largest absolute Gasteiger partial charge is 0.414 e. The van der Waals surface area contributed by atoms with Crippen molar-refractivity contribution in [2.45, 2.75) is 31.7 Å². The van der Waals surface area contributed by atoms with Crippen LogP contribution in [0.3, 0.4) is 0 Å². The summed E-state index contributed by atoms with van der Waals surface area (Å²) in [6, 6.07) is 1.75. The van der Waals surface area contributed by atoms with Crippen LogP contribution >= 0.6 is 0 Å². The van der Waals surface area contributed by atoms with Crippen molar-refractivity contribution < 1.29 is 14.1 Å². The highest BCUT2D eigenvalue weighted by molar-refractivity contribution is 5.70. The van der Waals surface area contributed by atoms with Crippen molar-refractivity contribution in [3.8, 4) is 5.88 Å². The molecule has 1 aromatic rings. The van der Waals surface area contributed by atoms with E-state index in [1.165, 1.54) is 25.2 Å². The van der Waals surface area contributed by atoms with E-state index in [1.54, 1.807) is 0 Å². The molecule has 0 atom stereocenters. The molecule has 2 rings (SSSR count). The second-order valence-corrected chi connectivity index (χ2v) is 3.35. The molecule has 0 bridgehead atoms. The molecule has 1 N–H and O–H groups in total. The van der Waals surface area contributed by atoms with Gasteiger partial charge in [-0.05, 0) is 18.0 Å².